The van der Waals surface area contributed by atoms with Gasteiger partial charge in [-0.3, -0.25) is 4.79 Å². The Morgan fingerprint density at radius 2 is 1.81 bits per heavy atom. The monoisotopic (exact) mass is 307 g/mol. The van der Waals surface area contributed by atoms with Gasteiger partial charge in [-0.1, -0.05) is 63.9 Å². The van der Waals surface area contributed by atoms with E-state index in [1.165, 1.54) is 19.3 Å². The summed E-state index contributed by atoms with van der Waals surface area (Å²) in [7, 11) is 0. The minimum Gasteiger partial charge on any atom is -0.351 e. The van der Waals surface area contributed by atoms with Crippen LogP contribution in [0.2, 0.25) is 0 Å². The van der Waals surface area contributed by atoms with Crippen LogP contribution in [0.4, 0.5) is 0 Å². The van der Waals surface area contributed by atoms with Crippen LogP contribution in [0.15, 0.2) is 30.3 Å². The third-order valence-electron chi connectivity index (χ3n) is 4.53. The van der Waals surface area contributed by atoms with Crippen molar-refractivity contribution in [3.8, 4) is 0 Å². The normalized spacial score (nSPS) is 24.4. The molecular weight excluding hydrogens is 282 g/mol. The van der Waals surface area contributed by atoms with Crippen LogP contribution >= 0.6 is 11.6 Å². The summed E-state index contributed by atoms with van der Waals surface area (Å²) in [6.07, 6.45) is 4.70. The molecule has 0 aliphatic heterocycles. The Hall–Kier alpha value is -1.02. The first-order valence-electron chi connectivity index (χ1n) is 7.89. The summed E-state index contributed by atoms with van der Waals surface area (Å²) >= 11 is 6.33. The minimum absolute atomic E-state index is 0.0657. The molecule has 0 saturated heterocycles. The van der Waals surface area contributed by atoms with Gasteiger partial charge in [-0.2, -0.15) is 0 Å². The molecule has 0 spiro atoms. The summed E-state index contributed by atoms with van der Waals surface area (Å²) in [5, 5.41) is 2.60. The average molecular weight is 308 g/mol. The van der Waals surface area contributed by atoms with Crippen molar-refractivity contribution in [1.29, 1.82) is 0 Å². The van der Waals surface area contributed by atoms with Crippen LogP contribution in [0, 0.1) is 11.3 Å². The van der Waals surface area contributed by atoms with Gasteiger partial charge in [-0.25, -0.2) is 0 Å². The highest BCUT2D eigenvalue weighted by Crippen LogP contribution is 2.38. The SMILES string of the molecule is CC(C)(C)C1CCCCC1NC(=O)C(Cl)c1ccccc1. The Kier molecular flexibility index (Phi) is 5.32. The lowest BCUT2D eigenvalue weighted by Crippen LogP contribution is -2.47. The van der Waals surface area contributed by atoms with Gasteiger partial charge in [0.05, 0.1) is 0 Å². The molecule has 1 aromatic rings. The first kappa shape index (κ1) is 16.4. The topological polar surface area (TPSA) is 29.1 Å². The fourth-order valence-corrected chi connectivity index (χ4v) is 3.58. The molecule has 0 bridgehead atoms. The zero-order chi connectivity index (χ0) is 15.5. The third-order valence-corrected chi connectivity index (χ3v) is 4.98. The molecule has 0 heterocycles. The molecule has 3 atom stereocenters. The second-order valence-electron chi connectivity index (χ2n) is 7.15. The zero-order valence-electron chi connectivity index (χ0n) is 13.2. The molecule has 21 heavy (non-hydrogen) atoms. The summed E-state index contributed by atoms with van der Waals surface area (Å²) in [6, 6.07) is 9.81. The number of carbonyl (C=O) groups excluding carboxylic acids is 1. The van der Waals surface area contributed by atoms with Crippen molar-refractivity contribution >= 4 is 17.5 Å². The minimum atomic E-state index is -0.603. The standard InChI is InChI=1S/C18H26ClNO/c1-18(2,3)14-11-7-8-12-15(14)20-17(21)16(19)13-9-5-4-6-10-13/h4-6,9-10,14-16H,7-8,11-12H2,1-3H3,(H,20,21). The van der Waals surface area contributed by atoms with Gasteiger partial charge in [0.2, 0.25) is 5.91 Å². The van der Waals surface area contributed by atoms with Gasteiger partial charge in [-0.05, 0) is 29.7 Å². The highest BCUT2D eigenvalue weighted by Gasteiger charge is 2.35. The molecule has 1 aromatic carbocycles. The van der Waals surface area contributed by atoms with Crippen molar-refractivity contribution in [3.05, 3.63) is 35.9 Å². The molecule has 1 amide bonds. The lowest BCUT2D eigenvalue weighted by molar-refractivity contribution is -0.122. The van der Waals surface area contributed by atoms with Crippen LogP contribution in [0.5, 0.6) is 0 Å². The maximum Gasteiger partial charge on any atom is 0.242 e. The number of halogens is 1. The van der Waals surface area contributed by atoms with Crippen molar-refractivity contribution in [3.63, 3.8) is 0 Å². The van der Waals surface area contributed by atoms with Gasteiger partial charge >= 0.3 is 0 Å². The fourth-order valence-electron chi connectivity index (χ4n) is 3.37. The maximum atomic E-state index is 12.4. The van der Waals surface area contributed by atoms with E-state index >= 15 is 0 Å². The predicted molar refractivity (Wildman–Crippen MR) is 88.4 cm³/mol. The third kappa shape index (κ3) is 4.23. The number of carbonyl (C=O) groups is 1. The Morgan fingerprint density at radius 1 is 1.19 bits per heavy atom. The second kappa shape index (κ2) is 6.83. The molecular formula is C18H26ClNO. The van der Waals surface area contributed by atoms with E-state index in [0.29, 0.717) is 5.92 Å². The molecule has 116 valence electrons. The van der Waals surface area contributed by atoms with Gasteiger partial charge in [0, 0.05) is 6.04 Å². The summed E-state index contributed by atoms with van der Waals surface area (Å²) in [6.45, 7) is 6.78. The van der Waals surface area contributed by atoms with Crippen LogP contribution in [-0.2, 0) is 4.79 Å². The lowest BCUT2D eigenvalue weighted by atomic mass is 9.69. The van der Waals surface area contributed by atoms with E-state index in [2.05, 4.69) is 26.1 Å². The number of hydrogen-bond acceptors (Lipinski definition) is 1. The lowest BCUT2D eigenvalue weighted by Gasteiger charge is -2.41. The van der Waals surface area contributed by atoms with Crippen molar-refractivity contribution in [2.45, 2.75) is 57.9 Å². The predicted octanol–water partition coefficient (Wildman–Crippen LogP) is 4.69. The fraction of sp³-hybridized carbons (Fsp3) is 0.611. The first-order valence-corrected chi connectivity index (χ1v) is 8.32. The molecule has 2 rings (SSSR count). The number of rotatable bonds is 3. The number of nitrogens with one attached hydrogen (secondary N) is 1. The van der Waals surface area contributed by atoms with Gasteiger partial charge in [0.1, 0.15) is 5.38 Å². The van der Waals surface area contributed by atoms with E-state index in [1.54, 1.807) is 0 Å². The smallest absolute Gasteiger partial charge is 0.242 e. The van der Waals surface area contributed by atoms with Crippen LogP contribution in [0.3, 0.4) is 0 Å². The molecule has 3 heteroatoms. The van der Waals surface area contributed by atoms with E-state index in [-0.39, 0.29) is 17.4 Å². The molecule has 1 N–H and O–H groups in total. The van der Waals surface area contributed by atoms with Gasteiger partial charge in [0.25, 0.3) is 0 Å². The van der Waals surface area contributed by atoms with Crippen LogP contribution < -0.4 is 5.32 Å². The van der Waals surface area contributed by atoms with Crippen LogP contribution in [0.25, 0.3) is 0 Å². The van der Waals surface area contributed by atoms with E-state index in [1.807, 2.05) is 30.3 Å². The summed E-state index contributed by atoms with van der Waals surface area (Å²) < 4.78 is 0. The molecule has 1 saturated carbocycles. The highest BCUT2D eigenvalue weighted by molar-refractivity contribution is 6.30. The van der Waals surface area contributed by atoms with Gasteiger partial charge < -0.3 is 5.32 Å². The van der Waals surface area contributed by atoms with E-state index < -0.39 is 5.38 Å². The Labute approximate surface area is 133 Å². The summed E-state index contributed by atoms with van der Waals surface area (Å²) in [5.41, 5.74) is 1.08. The van der Waals surface area contributed by atoms with Gasteiger partial charge in [0.15, 0.2) is 0 Å². The first-order chi connectivity index (χ1) is 9.89. The summed E-state index contributed by atoms with van der Waals surface area (Å²) in [4.78, 5) is 12.4. The zero-order valence-corrected chi connectivity index (χ0v) is 14.0. The molecule has 0 radical (unpaired) electrons. The highest BCUT2D eigenvalue weighted by atomic mass is 35.5. The molecule has 1 fully saturated rings. The van der Waals surface area contributed by atoms with E-state index in [0.717, 1.165) is 12.0 Å². The van der Waals surface area contributed by atoms with Crippen molar-refractivity contribution in [2.75, 3.05) is 0 Å². The van der Waals surface area contributed by atoms with E-state index in [9.17, 15) is 4.79 Å². The molecule has 1 aliphatic carbocycles. The second-order valence-corrected chi connectivity index (χ2v) is 7.58. The number of benzene rings is 1. The van der Waals surface area contributed by atoms with Gasteiger partial charge in [-0.15, -0.1) is 11.6 Å². The van der Waals surface area contributed by atoms with Crippen molar-refractivity contribution in [1.82, 2.24) is 5.32 Å². The van der Waals surface area contributed by atoms with Crippen molar-refractivity contribution < 1.29 is 4.79 Å². The number of alkyl halides is 1. The molecule has 1 aliphatic rings. The Morgan fingerprint density at radius 3 is 2.43 bits per heavy atom. The molecule has 3 unspecified atom stereocenters. The number of hydrogen-bond donors (Lipinski definition) is 1. The Bertz CT molecular complexity index is 466. The van der Waals surface area contributed by atoms with Crippen molar-refractivity contribution in [2.24, 2.45) is 11.3 Å². The molecule has 2 nitrogen and oxygen atoms in total. The average Bonchev–Trinajstić information content (AvgIpc) is 2.47. The Balaban J connectivity index is 2.03. The largest absolute Gasteiger partial charge is 0.351 e. The molecule has 0 aromatic heterocycles. The number of amides is 1. The quantitative estimate of drug-likeness (QED) is 0.807. The maximum absolute atomic E-state index is 12.4. The van der Waals surface area contributed by atoms with Crippen LogP contribution in [0.1, 0.15) is 57.4 Å². The summed E-state index contributed by atoms with van der Waals surface area (Å²) in [5.74, 6) is 0.457. The van der Waals surface area contributed by atoms with E-state index in [4.69, 9.17) is 11.6 Å². The van der Waals surface area contributed by atoms with Crippen LogP contribution in [-0.4, -0.2) is 11.9 Å².